The molecule has 0 bridgehead atoms. The van der Waals surface area contributed by atoms with Crippen LogP contribution in [0.4, 0.5) is 5.82 Å². The van der Waals surface area contributed by atoms with Gasteiger partial charge in [0, 0.05) is 22.2 Å². The third-order valence-electron chi connectivity index (χ3n) is 2.86. The molecule has 0 aliphatic carbocycles. The molecule has 0 aromatic carbocycles. The van der Waals surface area contributed by atoms with Gasteiger partial charge in [0.25, 0.3) is 0 Å². The van der Waals surface area contributed by atoms with E-state index in [4.69, 9.17) is 11.6 Å². The zero-order valence-corrected chi connectivity index (χ0v) is 14.5. The van der Waals surface area contributed by atoms with Gasteiger partial charge in [-0.05, 0) is 54.4 Å². The van der Waals surface area contributed by atoms with Gasteiger partial charge in [0.2, 0.25) is 0 Å². The molecule has 0 atom stereocenters. The van der Waals surface area contributed by atoms with Crippen molar-refractivity contribution >= 4 is 44.4 Å². The minimum Gasteiger partial charge on any atom is -0.338 e. The maximum Gasteiger partial charge on any atom is 0.160 e. The fourth-order valence-electron chi connectivity index (χ4n) is 1.85. The number of pyridine rings is 1. The van der Waals surface area contributed by atoms with Crippen molar-refractivity contribution in [3.05, 3.63) is 46.0 Å². The van der Waals surface area contributed by atoms with Gasteiger partial charge in [-0.2, -0.15) is 0 Å². The largest absolute Gasteiger partial charge is 0.338 e. The van der Waals surface area contributed by atoms with E-state index in [0.717, 1.165) is 26.8 Å². The van der Waals surface area contributed by atoms with Crippen molar-refractivity contribution in [3.8, 4) is 0 Å². The van der Waals surface area contributed by atoms with Gasteiger partial charge in [0.05, 0.1) is 5.52 Å². The van der Waals surface area contributed by atoms with E-state index < -0.39 is 0 Å². The first-order valence-electron chi connectivity index (χ1n) is 6.50. The molecule has 0 amide bonds. The van der Waals surface area contributed by atoms with Gasteiger partial charge in [0.15, 0.2) is 5.82 Å². The molecular formula is C15H16BrClN4. The smallest absolute Gasteiger partial charge is 0.160 e. The first-order chi connectivity index (χ1) is 10.0. The van der Waals surface area contributed by atoms with E-state index in [1.165, 1.54) is 0 Å². The Morgan fingerprint density at radius 2 is 2.19 bits per heavy atom. The van der Waals surface area contributed by atoms with Crippen LogP contribution in [0.2, 0.25) is 0 Å². The molecule has 0 unspecified atom stereocenters. The predicted octanol–water partition coefficient (Wildman–Crippen LogP) is 4.60. The molecule has 0 aliphatic heterocycles. The molecule has 0 spiro atoms. The van der Waals surface area contributed by atoms with Gasteiger partial charge < -0.3 is 5.32 Å². The number of aromatic nitrogens is 3. The molecule has 0 fully saturated rings. The summed E-state index contributed by atoms with van der Waals surface area (Å²) in [6.07, 6.45) is 5.66. The Morgan fingerprint density at radius 1 is 1.43 bits per heavy atom. The lowest BCUT2D eigenvalue weighted by Gasteiger charge is -2.12. The third kappa shape index (κ3) is 3.80. The quantitative estimate of drug-likeness (QED) is 0.634. The van der Waals surface area contributed by atoms with Gasteiger partial charge >= 0.3 is 0 Å². The summed E-state index contributed by atoms with van der Waals surface area (Å²) in [6, 6.07) is 1.93. The van der Waals surface area contributed by atoms with E-state index in [2.05, 4.69) is 36.2 Å². The van der Waals surface area contributed by atoms with Crippen LogP contribution in [0.3, 0.4) is 0 Å². The molecule has 2 rings (SSSR count). The van der Waals surface area contributed by atoms with Crippen molar-refractivity contribution in [2.75, 3.05) is 11.2 Å². The molecule has 2 aromatic rings. The average molecular weight is 368 g/mol. The predicted molar refractivity (Wildman–Crippen MR) is 91.6 cm³/mol. The zero-order valence-electron chi connectivity index (χ0n) is 12.1. The second-order valence-electron chi connectivity index (χ2n) is 4.59. The Labute approximate surface area is 137 Å². The average Bonchev–Trinajstić information content (AvgIpc) is 2.45. The number of allylic oxidation sites excluding steroid dienone is 3. The summed E-state index contributed by atoms with van der Waals surface area (Å²) in [5.41, 5.74) is 3.49. The Hall–Kier alpha value is -1.46. The van der Waals surface area contributed by atoms with Crippen LogP contribution in [0.1, 0.15) is 19.7 Å². The fourth-order valence-corrected chi connectivity index (χ4v) is 2.32. The maximum atomic E-state index is 5.93. The molecule has 2 aromatic heterocycles. The summed E-state index contributed by atoms with van der Waals surface area (Å²) in [5.74, 6) is 1.82. The van der Waals surface area contributed by atoms with E-state index in [0.29, 0.717) is 17.5 Å². The van der Waals surface area contributed by atoms with Crippen LogP contribution >= 0.6 is 27.5 Å². The molecule has 0 radical (unpaired) electrons. The highest BCUT2D eigenvalue weighted by atomic mass is 79.9. The molecule has 6 heteroatoms. The minimum absolute atomic E-state index is 0.452. The zero-order chi connectivity index (χ0) is 15.4. The van der Waals surface area contributed by atoms with Crippen molar-refractivity contribution < 1.29 is 0 Å². The van der Waals surface area contributed by atoms with Gasteiger partial charge in [0.1, 0.15) is 11.3 Å². The summed E-state index contributed by atoms with van der Waals surface area (Å²) < 4.78 is 0.889. The Kier molecular flexibility index (Phi) is 5.31. The molecule has 0 aliphatic rings. The summed E-state index contributed by atoms with van der Waals surface area (Å²) in [4.78, 5) is 13.3. The van der Waals surface area contributed by atoms with E-state index in [1.54, 1.807) is 6.20 Å². The number of nitrogens with one attached hydrogen (secondary N) is 1. The van der Waals surface area contributed by atoms with Crippen LogP contribution in [0.25, 0.3) is 11.0 Å². The second kappa shape index (κ2) is 7.00. The van der Waals surface area contributed by atoms with Crippen molar-refractivity contribution in [1.82, 2.24) is 15.0 Å². The normalized spacial score (nSPS) is 12.8. The molecule has 2 heterocycles. The SMILES string of the molecule is C/C=C\C(Nc1nc(C)nc2cc(Br)cnc12)=C(\C)CCl. The standard InChI is InChI=1S/C15H16BrClN4/c1-4-5-12(9(2)7-17)21-15-14-13(19-10(3)20-15)6-11(16)8-18-14/h4-6,8H,7H2,1-3H3,(H,19,20,21)/b5-4-,12-9+. The fraction of sp³-hybridized carbons (Fsp3) is 0.267. The highest BCUT2D eigenvalue weighted by Gasteiger charge is 2.09. The molecule has 4 nitrogen and oxygen atoms in total. The second-order valence-corrected chi connectivity index (χ2v) is 5.78. The Morgan fingerprint density at radius 3 is 2.86 bits per heavy atom. The molecular weight excluding hydrogens is 352 g/mol. The van der Waals surface area contributed by atoms with Crippen LogP contribution in [0.15, 0.2) is 40.2 Å². The first-order valence-corrected chi connectivity index (χ1v) is 7.83. The van der Waals surface area contributed by atoms with Crippen molar-refractivity contribution in [1.29, 1.82) is 0 Å². The van der Waals surface area contributed by atoms with Gasteiger partial charge in [-0.25, -0.2) is 15.0 Å². The van der Waals surface area contributed by atoms with E-state index in [-0.39, 0.29) is 0 Å². The summed E-state index contributed by atoms with van der Waals surface area (Å²) in [7, 11) is 0. The van der Waals surface area contributed by atoms with E-state index in [1.807, 2.05) is 39.0 Å². The maximum absolute atomic E-state index is 5.93. The van der Waals surface area contributed by atoms with Crippen molar-refractivity contribution in [2.24, 2.45) is 0 Å². The number of alkyl halides is 1. The van der Waals surface area contributed by atoms with Gasteiger partial charge in [-0.15, -0.1) is 11.6 Å². The number of hydrogen-bond donors (Lipinski definition) is 1. The lowest BCUT2D eigenvalue weighted by Crippen LogP contribution is -2.06. The molecule has 1 N–H and O–H groups in total. The van der Waals surface area contributed by atoms with E-state index >= 15 is 0 Å². The highest BCUT2D eigenvalue weighted by molar-refractivity contribution is 9.10. The van der Waals surface area contributed by atoms with Crippen molar-refractivity contribution in [3.63, 3.8) is 0 Å². The number of fused-ring (bicyclic) bond motifs is 1. The topological polar surface area (TPSA) is 50.7 Å². The van der Waals surface area contributed by atoms with Crippen LogP contribution in [-0.4, -0.2) is 20.8 Å². The van der Waals surface area contributed by atoms with Crippen LogP contribution in [0, 0.1) is 6.92 Å². The lowest BCUT2D eigenvalue weighted by atomic mass is 10.2. The van der Waals surface area contributed by atoms with Crippen LogP contribution < -0.4 is 5.32 Å². The minimum atomic E-state index is 0.452. The van der Waals surface area contributed by atoms with Crippen LogP contribution in [-0.2, 0) is 0 Å². The molecule has 0 saturated carbocycles. The monoisotopic (exact) mass is 366 g/mol. The lowest BCUT2D eigenvalue weighted by molar-refractivity contribution is 1.08. The highest BCUT2D eigenvalue weighted by Crippen LogP contribution is 2.23. The number of anilines is 1. The summed E-state index contributed by atoms with van der Waals surface area (Å²) in [6.45, 7) is 5.80. The molecule has 21 heavy (non-hydrogen) atoms. The summed E-state index contributed by atoms with van der Waals surface area (Å²) >= 11 is 9.34. The van der Waals surface area contributed by atoms with E-state index in [9.17, 15) is 0 Å². The number of nitrogens with zero attached hydrogens (tertiary/aromatic N) is 3. The Bertz CT molecular complexity index is 720. The summed E-state index contributed by atoms with van der Waals surface area (Å²) in [5, 5.41) is 3.31. The van der Waals surface area contributed by atoms with Crippen LogP contribution in [0.5, 0.6) is 0 Å². The number of rotatable bonds is 4. The molecule has 110 valence electrons. The van der Waals surface area contributed by atoms with Crippen molar-refractivity contribution in [2.45, 2.75) is 20.8 Å². The Balaban J connectivity index is 2.56. The number of hydrogen-bond acceptors (Lipinski definition) is 4. The number of aryl methyl sites for hydroxylation is 1. The van der Waals surface area contributed by atoms with Gasteiger partial charge in [-0.3, -0.25) is 0 Å². The number of halogens is 2. The van der Waals surface area contributed by atoms with Gasteiger partial charge in [-0.1, -0.05) is 6.08 Å². The third-order valence-corrected chi connectivity index (χ3v) is 3.70. The molecule has 0 saturated heterocycles. The first kappa shape index (κ1) is 15.9.